The second-order valence-corrected chi connectivity index (χ2v) is 5.30. The summed E-state index contributed by atoms with van der Waals surface area (Å²) in [6, 6.07) is 0. The van der Waals surface area contributed by atoms with Crippen LogP contribution in [-0.2, 0) is 35.0 Å². The summed E-state index contributed by atoms with van der Waals surface area (Å²) in [7, 11) is 2.65. The number of carbonyl (C=O) groups is 2. The van der Waals surface area contributed by atoms with Crippen LogP contribution in [0.15, 0.2) is 15.9 Å². The highest BCUT2D eigenvalue weighted by atomic mass is 19.4. The minimum Gasteiger partial charge on any atom is -0.454 e. The van der Waals surface area contributed by atoms with Crippen molar-refractivity contribution in [3.8, 4) is 0 Å². The van der Waals surface area contributed by atoms with E-state index in [1.807, 2.05) is 0 Å². The molecule has 0 radical (unpaired) electrons. The van der Waals surface area contributed by atoms with Gasteiger partial charge >= 0.3 is 17.8 Å². The zero-order chi connectivity index (χ0) is 19.6. The van der Waals surface area contributed by atoms with Crippen molar-refractivity contribution in [3.05, 3.63) is 27.2 Å². The molecule has 2 aromatic rings. The molecule has 0 aromatic carbocycles. The Balaban J connectivity index is 2.08. The number of amides is 1. The van der Waals surface area contributed by atoms with Crippen molar-refractivity contribution in [3.63, 3.8) is 0 Å². The summed E-state index contributed by atoms with van der Waals surface area (Å²) in [4.78, 5) is 50.8. The molecule has 0 unspecified atom stereocenters. The van der Waals surface area contributed by atoms with Crippen molar-refractivity contribution < 1.29 is 27.5 Å². The average Bonchev–Trinajstić information content (AvgIpc) is 2.97. The first kappa shape index (κ1) is 19.2. The van der Waals surface area contributed by atoms with Crippen molar-refractivity contribution in [1.82, 2.24) is 24.0 Å². The fourth-order valence-electron chi connectivity index (χ4n) is 2.10. The normalized spacial score (nSPS) is 11.6. The lowest BCUT2D eigenvalue weighted by atomic mass is 10.5. The highest BCUT2D eigenvalue weighted by Crippen LogP contribution is 2.12. The van der Waals surface area contributed by atoms with Crippen molar-refractivity contribution in [2.45, 2.75) is 12.7 Å². The molecular weight excluding hydrogens is 363 g/mol. The molecule has 0 fully saturated rings. The monoisotopic (exact) mass is 377 g/mol. The number of nitrogens with one attached hydrogen (secondary N) is 1. The van der Waals surface area contributed by atoms with Crippen LogP contribution in [0.2, 0.25) is 0 Å². The van der Waals surface area contributed by atoms with E-state index in [0.717, 1.165) is 20.0 Å². The number of nitrogens with zero attached hydrogens (tertiary/aromatic N) is 4. The van der Waals surface area contributed by atoms with E-state index in [0.29, 0.717) is 0 Å². The Morgan fingerprint density at radius 1 is 1.23 bits per heavy atom. The molecule has 1 amide bonds. The van der Waals surface area contributed by atoms with E-state index in [-0.39, 0.29) is 11.2 Å². The fourth-order valence-corrected chi connectivity index (χ4v) is 2.10. The quantitative estimate of drug-likeness (QED) is 0.645. The predicted octanol–water partition coefficient (Wildman–Crippen LogP) is -1.34. The molecule has 2 heterocycles. The Bertz CT molecular complexity index is 971. The van der Waals surface area contributed by atoms with Crippen molar-refractivity contribution >= 4 is 23.0 Å². The lowest BCUT2D eigenvalue weighted by Gasteiger charge is -2.09. The molecule has 1 N–H and O–H groups in total. The zero-order valence-electron chi connectivity index (χ0n) is 13.7. The maximum atomic E-state index is 12.2. The van der Waals surface area contributed by atoms with Gasteiger partial charge in [-0.2, -0.15) is 13.2 Å². The molecule has 0 bridgehead atoms. The van der Waals surface area contributed by atoms with E-state index in [1.165, 1.54) is 14.1 Å². The van der Waals surface area contributed by atoms with Gasteiger partial charge in [0, 0.05) is 14.1 Å². The van der Waals surface area contributed by atoms with Gasteiger partial charge in [0.1, 0.15) is 13.1 Å². The van der Waals surface area contributed by atoms with Crippen LogP contribution >= 0.6 is 0 Å². The topological polar surface area (TPSA) is 117 Å². The molecule has 26 heavy (non-hydrogen) atoms. The minimum absolute atomic E-state index is 0.0342. The number of carbonyl (C=O) groups excluding carboxylic acids is 2. The molecule has 13 heteroatoms. The van der Waals surface area contributed by atoms with Gasteiger partial charge in [0.15, 0.2) is 17.8 Å². The summed E-state index contributed by atoms with van der Waals surface area (Å²) in [6.07, 6.45) is -3.44. The number of aryl methyl sites for hydroxylation is 1. The third-order valence-corrected chi connectivity index (χ3v) is 3.37. The molecule has 0 atom stereocenters. The number of aromatic nitrogens is 4. The highest BCUT2D eigenvalue weighted by molar-refractivity contribution is 5.81. The predicted molar refractivity (Wildman–Crippen MR) is 80.2 cm³/mol. The smallest absolute Gasteiger partial charge is 0.405 e. The number of alkyl halides is 3. The van der Waals surface area contributed by atoms with E-state index in [9.17, 15) is 32.3 Å². The largest absolute Gasteiger partial charge is 0.454 e. The Labute approximate surface area is 142 Å². The maximum absolute atomic E-state index is 12.2. The number of halogens is 3. The first-order chi connectivity index (χ1) is 12.0. The van der Waals surface area contributed by atoms with Crippen LogP contribution in [0.25, 0.3) is 11.2 Å². The Morgan fingerprint density at radius 2 is 1.88 bits per heavy atom. The molecule has 0 aliphatic heterocycles. The molecular formula is C13H14F3N5O5. The van der Waals surface area contributed by atoms with E-state index in [4.69, 9.17) is 0 Å². The Hall–Kier alpha value is -3.12. The van der Waals surface area contributed by atoms with Gasteiger partial charge in [-0.15, -0.1) is 0 Å². The number of esters is 1. The number of ether oxygens (including phenoxy) is 1. The SMILES string of the molecule is Cn1c(=O)c2c(ncn2CC(=O)OCC(=O)NCC(F)(F)F)n(C)c1=O. The van der Waals surface area contributed by atoms with E-state index in [1.54, 1.807) is 5.32 Å². The van der Waals surface area contributed by atoms with Gasteiger partial charge in [-0.25, -0.2) is 9.78 Å². The number of hydrogen-bond donors (Lipinski definition) is 1. The van der Waals surface area contributed by atoms with Crippen LogP contribution in [0.1, 0.15) is 0 Å². The van der Waals surface area contributed by atoms with Crippen molar-refractivity contribution in [2.75, 3.05) is 13.2 Å². The first-order valence-corrected chi connectivity index (χ1v) is 7.11. The molecule has 0 saturated carbocycles. The molecule has 2 aromatic heterocycles. The second kappa shape index (κ2) is 7.01. The Morgan fingerprint density at radius 3 is 2.50 bits per heavy atom. The van der Waals surface area contributed by atoms with Crippen molar-refractivity contribution in [2.24, 2.45) is 14.1 Å². The van der Waals surface area contributed by atoms with E-state index >= 15 is 0 Å². The summed E-state index contributed by atoms with van der Waals surface area (Å²) in [5.74, 6) is -2.09. The summed E-state index contributed by atoms with van der Waals surface area (Å²) in [5, 5.41) is 1.55. The van der Waals surface area contributed by atoms with Gasteiger partial charge in [0.05, 0.1) is 6.33 Å². The summed E-state index contributed by atoms with van der Waals surface area (Å²) >= 11 is 0. The molecule has 0 saturated heterocycles. The van der Waals surface area contributed by atoms with Gasteiger partial charge in [-0.1, -0.05) is 0 Å². The maximum Gasteiger partial charge on any atom is 0.405 e. The Kier molecular flexibility index (Phi) is 5.18. The lowest BCUT2D eigenvalue weighted by molar-refractivity contribution is -0.151. The van der Waals surface area contributed by atoms with Crippen LogP contribution < -0.4 is 16.6 Å². The summed E-state index contributed by atoms with van der Waals surface area (Å²) in [5.41, 5.74) is -1.27. The third-order valence-electron chi connectivity index (χ3n) is 3.37. The highest BCUT2D eigenvalue weighted by Gasteiger charge is 2.27. The van der Waals surface area contributed by atoms with Crippen LogP contribution in [0, 0.1) is 0 Å². The number of imidazole rings is 1. The van der Waals surface area contributed by atoms with Gasteiger partial charge in [0.25, 0.3) is 11.5 Å². The first-order valence-electron chi connectivity index (χ1n) is 7.11. The minimum atomic E-state index is -4.58. The summed E-state index contributed by atoms with van der Waals surface area (Å²) < 4.78 is 43.5. The van der Waals surface area contributed by atoms with Gasteiger partial charge in [-0.05, 0) is 0 Å². The van der Waals surface area contributed by atoms with Gasteiger partial charge < -0.3 is 14.6 Å². The molecule has 0 spiro atoms. The summed E-state index contributed by atoms with van der Waals surface area (Å²) in [6.45, 7) is -2.96. The van der Waals surface area contributed by atoms with Crippen LogP contribution in [0.3, 0.4) is 0 Å². The van der Waals surface area contributed by atoms with Crippen LogP contribution in [0.5, 0.6) is 0 Å². The zero-order valence-corrected chi connectivity index (χ0v) is 13.7. The van der Waals surface area contributed by atoms with Crippen molar-refractivity contribution in [1.29, 1.82) is 0 Å². The van der Waals surface area contributed by atoms with E-state index in [2.05, 4.69) is 9.72 Å². The standard InChI is InChI=1S/C13H14F3N5O5/c1-19-10-9(11(24)20(2)12(19)25)21(6-18-10)3-8(23)26-4-7(22)17-5-13(14,15)16/h6H,3-5H2,1-2H3,(H,17,22). The molecule has 10 nitrogen and oxygen atoms in total. The number of fused-ring (bicyclic) bond motifs is 1. The van der Waals surface area contributed by atoms with Gasteiger partial charge in [0.2, 0.25) is 0 Å². The molecule has 0 aliphatic rings. The van der Waals surface area contributed by atoms with Crippen LogP contribution in [0.4, 0.5) is 13.2 Å². The van der Waals surface area contributed by atoms with Crippen LogP contribution in [-0.4, -0.2) is 49.9 Å². The van der Waals surface area contributed by atoms with Gasteiger partial charge in [-0.3, -0.25) is 23.5 Å². The average molecular weight is 377 g/mol. The second-order valence-electron chi connectivity index (χ2n) is 5.30. The third kappa shape index (κ3) is 4.10. The molecule has 2 rings (SSSR count). The number of hydrogen-bond acceptors (Lipinski definition) is 6. The fraction of sp³-hybridized carbons (Fsp3) is 0.462. The van der Waals surface area contributed by atoms with E-state index < -0.39 is 49.0 Å². The molecule has 142 valence electrons. The lowest BCUT2D eigenvalue weighted by Crippen LogP contribution is -2.38. The molecule has 0 aliphatic carbocycles. The number of rotatable bonds is 5.